The Bertz CT molecular complexity index is 775. The van der Waals surface area contributed by atoms with Crippen LogP contribution < -0.4 is 4.72 Å². The summed E-state index contributed by atoms with van der Waals surface area (Å²) in [6.07, 6.45) is 0. The third-order valence-corrected chi connectivity index (χ3v) is 5.67. The van der Waals surface area contributed by atoms with Crippen molar-refractivity contribution in [2.75, 3.05) is 4.72 Å². The van der Waals surface area contributed by atoms with Gasteiger partial charge in [-0.05, 0) is 55.7 Å². The van der Waals surface area contributed by atoms with E-state index in [-0.39, 0.29) is 9.92 Å². The van der Waals surface area contributed by atoms with E-state index in [9.17, 15) is 8.42 Å². The number of hydrogen-bond donors (Lipinski definition) is 1. The molecule has 0 fully saturated rings. The second-order valence-corrected chi connectivity index (χ2v) is 7.32. The Hall–Kier alpha value is -1.23. The van der Waals surface area contributed by atoms with E-state index in [1.807, 2.05) is 13.0 Å². The number of nitrogens with one attached hydrogen (secondary N) is 1. The summed E-state index contributed by atoms with van der Waals surface area (Å²) in [5.74, 6) is 0. The standard InChI is InChI=1S/C15H15Cl2NO2S/c1-9-5-4-6-12(7-9)18-21(19,20)15-11(3)13(16)8-10(2)14(15)17/h4-8,18H,1-3H3. The monoisotopic (exact) mass is 343 g/mol. The van der Waals surface area contributed by atoms with Crippen LogP contribution >= 0.6 is 23.2 Å². The summed E-state index contributed by atoms with van der Waals surface area (Å²) in [5, 5.41) is 0.568. The second kappa shape index (κ2) is 5.87. The van der Waals surface area contributed by atoms with Crippen LogP contribution in [0.2, 0.25) is 10.0 Å². The smallest absolute Gasteiger partial charge is 0.263 e. The van der Waals surface area contributed by atoms with Crippen molar-refractivity contribution in [3.8, 4) is 0 Å². The van der Waals surface area contributed by atoms with Crippen LogP contribution in [0.15, 0.2) is 35.2 Å². The van der Waals surface area contributed by atoms with E-state index in [1.165, 1.54) is 0 Å². The molecule has 3 nitrogen and oxygen atoms in total. The molecule has 0 unspecified atom stereocenters. The Morgan fingerprint density at radius 2 is 1.71 bits per heavy atom. The molecule has 2 aromatic carbocycles. The Morgan fingerprint density at radius 1 is 1.05 bits per heavy atom. The molecular formula is C15H15Cl2NO2S. The zero-order chi connectivity index (χ0) is 15.8. The molecule has 0 aliphatic carbocycles. The molecule has 0 aliphatic heterocycles. The molecule has 0 saturated carbocycles. The normalized spacial score (nSPS) is 11.5. The van der Waals surface area contributed by atoms with Gasteiger partial charge in [0.2, 0.25) is 0 Å². The molecule has 0 aromatic heterocycles. The van der Waals surface area contributed by atoms with Crippen molar-refractivity contribution >= 4 is 38.9 Å². The molecule has 0 bridgehead atoms. The van der Waals surface area contributed by atoms with Crippen LogP contribution in [-0.4, -0.2) is 8.42 Å². The highest BCUT2D eigenvalue weighted by Gasteiger charge is 2.24. The van der Waals surface area contributed by atoms with Crippen molar-refractivity contribution in [2.24, 2.45) is 0 Å². The lowest BCUT2D eigenvalue weighted by Crippen LogP contribution is -2.15. The van der Waals surface area contributed by atoms with E-state index in [1.54, 1.807) is 38.1 Å². The molecule has 0 spiro atoms. The minimum absolute atomic E-state index is 0.0238. The molecule has 2 rings (SSSR count). The SMILES string of the molecule is Cc1cccc(NS(=O)(=O)c2c(C)c(Cl)cc(C)c2Cl)c1. The fourth-order valence-electron chi connectivity index (χ4n) is 2.05. The Labute approximate surface area is 135 Å². The third-order valence-electron chi connectivity index (χ3n) is 3.13. The lowest BCUT2D eigenvalue weighted by atomic mass is 10.2. The fraction of sp³-hybridized carbons (Fsp3) is 0.200. The van der Waals surface area contributed by atoms with Crippen molar-refractivity contribution in [1.82, 2.24) is 0 Å². The predicted octanol–water partition coefficient (Wildman–Crippen LogP) is 4.72. The van der Waals surface area contributed by atoms with Gasteiger partial charge in [-0.2, -0.15) is 0 Å². The summed E-state index contributed by atoms with van der Waals surface area (Å²) in [7, 11) is -3.80. The van der Waals surface area contributed by atoms with Crippen molar-refractivity contribution in [1.29, 1.82) is 0 Å². The predicted molar refractivity (Wildman–Crippen MR) is 87.9 cm³/mol. The van der Waals surface area contributed by atoms with Crippen LogP contribution in [-0.2, 0) is 10.0 Å². The van der Waals surface area contributed by atoms with Crippen LogP contribution in [0.25, 0.3) is 0 Å². The quantitative estimate of drug-likeness (QED) is 0.876. The van der Waals surface area contributed by atoms with Crippen molar-refractivity contribution in [3.05, 3.63) is 57.1 Å². The first-order valence-corrected chi connectivity index (χ1v) is 8.51. The van der Waals surface area contributed by atoms with Crippen molar-refractivity contribution in [3.63, 3.8) is 0 Å². The first kappa shape index (κ1) is 16.1. The second-order valence-electron chi connectivity index (χ2n) is 4.92. The van der Waals surface area contributed by atoms with E-state index in [0.29, 0.717) is 21.8 Å². The number of rotatable bonds is 3. The molecule has 6 heteroatoms. The number of hydrogen-bond acceptors (Lipinski definition) is 2. The highest BCUT2D eigenvalue weighted by molar-refractivity contribution is 7.93. The van der Waals surface area contributed by atoms with Gasteiger partial charge in [-0.3, -0.25) is 4.72 Å². The topological polar surface area (TPSA) is 46.2 Å². The van der Waals surface area contributed by atoms with Gasteiger partial charge >= 0.3 is 0 Å². The highest BCUT2D eigenvalue weighted by Crippen LogP contribution is 2.34. The third kappa shape index (κ3) is 3.34. The van der Waals surface area contributed by atoms with Crippen LogP contribution in [0.3, 0.4) is 0 Å². The fourth-order valence-corrected chi connectivity index (χ4v) is 4.31. The van der Waals surface area contributed by atoms with Gasteiger partial charge in [0.1, 0.15) is 4.90 Å². The molecule has 0 heterocycles. The van der Waals surface area contributed by atoms with Gasteiger partial charge in [0.25, 0.3) is 10.0 Å². The van der Waals surface area contributed by atoms with Crippen molar-refractivity contribution < 1.29 is 8.42 Å². The highest BCUT2D eigenvalue weighted by atomic mass is 35.5. The molecule has 0 atom stereocenters. The number of sulfonamides is 1. The summed E-state index contributed by atoms with van der Waals surface area (Å²) in [5.41, 5.74) is 2.51. The minimum Gasteiger partial charge on any atom is -0.280 e. The molecule has 21 heavy (non-hydrogen) atoms. The number of aryl methyl sites for hydroxylation is 2. The Kier molecular flexibility index (Phi) is 4.51. The van der Waals surface area contributed by atoms with Crippen LogP contribution in [0.4, 0.5) is 5.69 Å². The molecule has 0 amide bonds. The van der Waals surface area contributed by atoms with Gasteiger partial charge in [-0.25, -0.2) is 8.42 Å². The Morgan fingerprint density at radius 3 is 2.33 bits per heavy atom. The maximum Gasteiger partial charge on any atom is 0.263 e. The summed E-state index contributed by atoms with van der Waals surface area (Å²) in [6, 6.07) is 8.76. The van der Waals surface area contributed by atoms with E-state index in [2.05, 4.69) is 4.72 Å². The number of anilines is 1. The molecular weight excluding hydrogens is 329 g/mol. The summed E-state index contributed by atoms with van der Waals surface area (Å²) >= 11 is 12.2. The molecule has 0 aliphatic rings. The average Bonchev–Trinajstić information content (AvgIpc) is 2.35. The minimum atomic E-state index is -3.80. The lowest BCUT2D eigenvalue weighted by molar-refractivity contribution is 0.600. The average molecular weight is 344 g/mol. The molecule has 112 valence electrons. The lowest BCUT2D eigenvalue weighted by Gasteiger charge is -2.15. The number of halogens is 2. The molecule has 2 aromatic rings. The largest absolute Gasteiger partial charge is 0.280 e. The van der Waals surface area contributed by atoms with Gasteiger partial charge in [0.05, 0.1) is 5.02 Å². The van der Waals surface area contributed by atoms with Crippen LogP contribution in [0, 0.1) is 20.8 Å². The molecule has 1 N–H and O–H groups in total. The maximum atomic E-state index is 12.6. The zero-order valence-corrected chi connectivity index (χ0v) is 14.2. The van der Waals surface area contributed by atoms with E-state index in [0.717, 1.165) is 5.56 Å². The van der Waals surface area contributed by atoms with Crippen LogP contribution in [0.1, 0.15) is 16.7 Å². The van der Waals surface area contributed by atoms with E-state index < -0.39 is 10.0 Å². The van der Waals surface area contributed by atoms with E-state index in [4.69, 9.17) is 23.2 Å². The summed E-state index contributed by atoms with van der Waals surface area (Å²) < 4.78 is 27.8. The first-order valence-electron chi connectivity index (χ1n) is 6.27. The molecule has 0 radical (unpaired) electrons. The van der Waals surface area contributed by atoms with E-state index >= 15 is 0 Å². The van der Waals surface area contributed by atoms with Gasteiger partial charge < -0.3 is 0 Å². The van der Waals surface area contributed by atoms with Gasteiger partial charge in [-0.1, -0.05) is 35.3 Å². The van der Waals surface area contributed by atoms with Gasteiger partial charge in [-0.15, -0.1) is 0 Å². The van der Waals surface area contributed by atoms with Gasteiger partial charge in [0, 0.05) is 10.7 Å². The van der Waals surface area contributed by atoms with Gasteiger partial charge in [0.15, 0.2) is 0 Å². The summed E-state index contributed by atoms with van der Waals surface area (Å²) in [4.78, 5) is 0.0238. The summed E-state index contributed by atoms with van der Waals surface area (Å²) in [6.45, 7) is 5.25. The van der Waals surface area contributed by atoms with Crippen LogP contribution in [0.5, 0.6) is 0 Å². The first-order chi connectivity index (χ1) is 9.72. The zero-order valence-electron chi connectivity index (χ0n) is 11.9. The Balaban J connectivity index is 2.55. The molecule has 0 saturated heterocycles. The van der Waals surface area contributed by atoms with Crippen molar-refractivity contribution in [2.45, 2.75) is 25.7 Å². The maximum absolute atomic E-state index is 12.6. The number of benzene rings is 2.